The average molecular weight is 501 g/mol. The Balaban J connectivity index is 1.27. The molecule has 3 aromatic heterocycles. The van der Waals surface area contributed by atoms with Crippen LogP contribution in [0.4, 0.5) is 0 Å². The molecule has 0 radical (unpaired) electrons. The number of aromatic nitrogens is 2. The molecule has 0 atom stereocenters. The van der Waals surface area contributed by atoms with Gasteiger partial charge in [0.25, 0.3) is 0 Å². The quantitative estimate of drug-likeness (QED) is 0.242. The van der Waals surface area contributed by atoms with Crippen molar-refractivity contribution >= 4 is 43.9 Å². The third-order valence-corrected chi connectivity index (χ3v) is 7.73. The Hall–Kier alpha value is -5.15. The third kappa shape index (κ3) is 3.40. The first-order chi connectivity index (χ1) is 19.2. The summed E-state index contributed by atoms with van der Waals surface area (Å²) >= 11 is 0. The van der Waals surface area contributed by atoms with Crippen molar-refractivity contribution in [2.24, 2.45) is 0 Å². The topological polar surface area (TPSA) is 31.0 Å². The van der Waals surface area contributed by atoms with Crippen molar-refractivity contribution in [3.63, 3.8) is 0 Å². The minimum absolute atomic E-state index is 0.823. The molecule has 8 rings (SSSR count). The van der Waals surface area contributed by atoms with Gasteiger partial charge in [-0.1, -0.05) is 66.7 Å². The van der Waals surface area contributed by atoms with Gasteiger partial charge in [0.05, 0.1) is 11.0 Å². The van der Waals surface area contributed by atoms with E-state index in [2.05, 4.69) is 126 Å². The standard InChI is InChI=1S/C36H24N2O/c1-23-19-27(22-31-35-34(39-36(23)31)17-8-18-37-35)25-10-6-9-24(20-25)26-11-7-12-28(21-26)38-32-15-4-2-13-29(32)30-14-3-5-16-33(30)38/h2-22H,1H3. The molecule has 8 aromatic rings. The van der Waals surface area contributed by atoms with E-state index in [9.17, 15) is 0 Å². The highest BCUT2D eigenvalue weighted by Crippen LogP contribution is 2.36. The van der Waals surface area contributed by atoms with Gasteiger partial charge in [0, 0.05) is 28.0 Å². The molecule has 0 amide bonds. The monoisotopic (exact) mass is 500 g/mol. The van der Waals surface area contributed by atoms with E-state index >= 15 is 0 Å². The number of hydrogen-bond acceptors (Lipinski definition) is 2. The molecule has 0 aliphatic heterocycles. The van der Waals surface area contributed by atoms with Crippen LogP contribution in [-0.2, 0) is 0 Å². The summed E-state index contributed by atoms with van der Waals surface area (Å²) in [4.78, 5) is 4.59. The van der Waals surface area contributed by atoms with Crippen LogP contribution in [0.25, 0.3) is 71.8 Å². The molecule has 3 nitrogen and oxygen atoms in total. The molecule has 0 spiro atoms. The SMILES string of the molecule is Cc1cc(-c2cccc(-c3cccc(-n4c5ccccc5c5ccccc54)c3)c2)cc2c1oc1cccnc12. The molecule has 0 N–H and O–H groups in total. The fourth-order valence-electron chi connectivity index (χ4n) is 5.94. The van der Waals surface area contributed by atoms with Crippen LogP contribution in [0.1, 0.15) is 5.56 Å². The van der Waals surface area contributed by atoms with Crippen LogP contribution in [0.15, 0.2) is 132 Å². The Bertz CT molecular complexity index is 2140. The van der Waals surface area contributed by atoms with Gasteiger partial charge in [0.1, 0.15) is 11.1 Å². The lowest BCUT2D eigenvalue weighted by molar-refractivity contribution is 0.665. The Morgan fingerprint density at radius 2 is 1.23 bits per heavy atom. The van der Waals surface area contributed by atoms with Crippen LogP contribution in [0.5, 0.6) is 0 Å². The summed E-state index contributed by atoms with van der Waals surface area (Å²) in [5.74, 6) is 0. The van der Waals surface area contributed by atoms with Crippen molar-refractivity contribution < 1.29 is 4.42 Å². The first-order valence-corrected chi connectivity index (χ1v) is 13.2. The van der Waals surface area contributed by atoms with E-state index in [1.54, 1.807) is 0 Å². The van der Waals surface area contributed by atoms with Crippen LogP contribution in [0.3, 0.4) is 0 Å². The molecule has 0 saturated carbocycles. The molecule has 3 heteroatoms. The van der Waals surface area contributed by atoms with Gasteiger partial charge in [0.2, 0.25) is 0 Å². The second kappa shape index (κ2) is 8.44. The van der Waals surface area contributed by atoms with E-state index in [4.69, 9.17) is 4.42 Å². The first kappa shape index (κ1) is 21.9. The molecule has 0 fully saturated rings. The lowest BCUT2D eigenvalue weighted by atomic mass is 9.96. The lowest BCUT2D eigenvalue weighted by Crippen LogP contribution is -1.94. The van der Waals surface area contributed by atoms with E-state index in [1.807, 2.05) is 18.3 Å². The summed E-state index contributed by atoms with van der Waals surface area (Å²) in [7, 11) is 0. The average Bonchev–Trinajstić information content (AvgIpc) is 3.54. The molecule has 0 aliphatic rings. The molecule has 0 unspecified atom stereocenters. The summed E-state index contributed by atoms with van der Waals surface area (Å²) in [5.41, 5.74) is 12.0. The van der Waals surface area contributed by atoms with Crippen molar-refractivity contribution in [1.82, 2.24) is 9.55 Å². The predicted molar refractivity (Wildman–Crippen MR) is 161 cm³/mol. The number of hydrogen-bond donors (Lipinski definition) is 0. The Morgan fingerprint density at radius 3 is 2.00 bits per heavy atom. The Labute approximate surface area is 225 Å². The number of rotatable bonds is 3. The number of furan rings is 1. The molecular weight excluding hydrogens is 476 g/mol. The van der Waals surface area contributed by atoms with Crippen LogP contribution in [0.2, 0.25) is 0 Å². The van der Waals surface area contributed by atoms with Crippen LogP contribution in [0, 0.1) is 6.92 Å². The fourth-order valence-corrected chi connectivity index (χ4v) is 5.94. The lowest BCUT2D eigenvalue weighted by Gasteiger charge is -2.11. The van der Waals surface area contributed by atoms with Crippen molar-refractivity contribution in [2.75, 3.05) is 0 Å². The minimum atomic E-state index is 0.823. The summed E-state index contributed by atoms with van der Waals surface area (Å²) in [5, 5.41) is 3.60. The molecule has 184 valence electrons. The predicted octanol–water partition coefficient (Wildman–Crippen LogP) is 9.72. The summed E-state index contributed by atoms with van der Waals surface area (Å²) in [6.07, 6.45) is 1.82. The van der Waals surface area contributed by atoms with Crippen molar-refractivity contribution in [2.45, 2.75) is 6.92 Å². The molecule has 3 heterocycles. The summed E-state index contributed by atoms with van der Waals surface area (Å²) < 4.78 is 8.48. The van der Waals surface area contributed by atoms with Gasteiger partial charge in [-0.15, -0.1) is 0 Å². The highest BCUT2D eigenvalue weighted by atomic mass is 16.3. The van der Waals surface area contributed by atoms with E-state index in [0.29, 0.717) is 0 Å². The van der Waals surface area contributed by atoms with E-state index < -0.39 is 0 Å². The van der Waals surface area contributed by atoms with Gasteiger partial charge in [-0.25, -0.2) is 0 Å². The maximum atomic E-state index is 6.11. The second-order valence-electron chi connectivity index (χ2n) is 10.1. The maximum Gasteiger partial charge on any atom is 0.153 e. The van der Waals surface area contributed by atoms with Crippen molar-refractivity contribution in [1.29, 1.82) is 0 Å². The molecular formula is C36H24N2O. The second-order valence-corrected chi connectivity index (χ2v) is 10.1. The first-order valence-electron chi connectivity index (χ1n) is 13.2. The van der Waals surface area contributed by atoms with Crippen LogP contribution >= 0.6 is 0 Å². The summed E-state index contributed by atoms with van der Waals surface area (Å²) in [6.45, 7) is 2.10. The zero-order chi connectivity index (χ0) is 25.9. The van der Waals surface area contributed by atoms with Gasteiger partial charge in [0.15, 0.2) is 5.58 Å². The molecule has 39 heavy (non-hydrogen) atoms. The molecule has 0 aliphatic carbocycles. The fraction of sp³-hybridized carbons (Fsp3) is 0.0278. The molecule has 0 saturated heterocycles. The maximum absolute atomic E-state index is 6.11. The van der Waals surface area contributed by atoms with E-state index in [-0.39, 0.29) is 0 Å². The Morgan fingerprint density at radius 1 is 0.564 bits per heavy atom. The van der Waals surface area contributed by atoms with E-state index in [1.165, 1.54) is 38.5 Å². The van der Waals surface area contributed by atoms with Gasteiger partial charge in [-0.3, -0.25) is 4.98 Å². The zero-order valence-corrected chi connectivity index (χ0v) is 21.4. The van der Waals surface area contributed by atoms with Gasteiger partial charge in [-0.2, -0.15) is 0 Å². The Kier molecular flexibility index (Phi) is 4.74. The van der Waals surface area contributed by atoms with Crippen LogP contribution < -0.4 is 0 Å². The van der Waals surface area contributed by atoms with Crippen molar-refractivity contribution in [3.05, 3.63) is 133 Å². The number of pyridine rings is 1. The molecule has 5 aromatic carbocycles. The van der Waals surface area contributed by atoms with E-state index in [0.717, 1.165) is 38.9 Å². The molecule has 0 bridgehead atoms. The highest BCUT2D eigenvalue weighted by Gasteiger charge is 2.14. The minimum Gasteiger partial charge on any atom is -0.454 e. The number of aryl methyl sites for hydroxylation is 1. The van der Waals surface area contributed by atoms with Gasteiger partial charge >= 0.3 is 0 Å². The van der Waals surface area contributed by atoms with Crippen LogP contribution in [-0.4, -0.2) is 9.55 Å². The number of benzene rings is 5. The number of nitrogens with zero attached hydrogens (tertiary/aromatic N) is 2. The van der Waals surface area contributed by atoms with Crippen molar-refractivity contribution in [3.8, 4) is 27.9 Å². The largest absolute Gasteiger partial charge is 0.454 e. The summed E-state index contributed by atoms with van der Waals surface area (Å²) in [6, 6.07) is 43.2. The van der Waals surface area contributed by atoms with Gasteiger partial charge < -0.3 is 8.98 Å². The zero-order valence-electron chi connectivity index (χ0n) is 21.4. The van der Waals surface area contributed by atoms with Gasteiger partial charge in [-0.05, 0) is 89.3 Å². The number of para-hydroxylation sites is 2. The highest BCUT2D eigenvalue weighted by molar-refractivity contribution is 6.09. The third-order valence-electron chi connectivity index (χ3n) is 7.73. The number of fused-ring (bicyclic) bond motifs is 6. The normalized spacial score (nSPS) is 11.7. The smallest absolute Gasteiger partial charge is 0.153 e.